The van der Waals surface area contributed by atoms with Crippen LogP contribution in [0.4, 0.5) is 0 Å². The van der Waals surface area contributed by atoms with Crippen LogP contribution in [0.5, 0.6) is 0 Å². The predicted molar refractivity (Wildman–Crippen MR) is 85.1 cm³/mol. The smallest absolute Gasteiger partial charge is 0.276 e. The molecule has 1 atom stereocenters. The molecule has 2 aromatic heterocycles. The summed E-state index contributed by atoms with van der Waals surface area (Å²) in [6.45, 7) is 6.76. The minimum Gasteiger partial charge on any atom is -0.447 e. The number of amides is 1. The first-order valence-electron chi connectivity index (χ1n) is 7.74. The Hall–Kier alpha value is -1.69. The van der Waals surface area contributed by atoms with Gasteiger partial charge in [0.05, 0.1) is 6.04 Å². The zero-order valence-corrected chi connectivity index (χ0v) is 14.0. The molecule has 1 saturated heterocycles. The molecule has 0 bridgehead atoms. The third-order valence-electron chi connectivity index (χ3n) is 4.01. The van der Waals surface area contributed by atoms with E-state index < -0.39 is 0 Å². The average Bonchev–Trinajstić information content (AvgIpc) is 3.15. The first kappa shape index (κ1) is 15.2. The van der Waals surface area contributed by atoms with Gasteiger partial charge in [-0.15, -0.1) is 11.3 Å². The molecule has 3 heterocycles. The normalized spacial score (nSPS) is 18.9. The van der Waals surface area contributed by atoms with E-state index >= 15 is 0 Å². The molecule has 2 aromatic rings. The molecule has 6 heteroatoms. The summed E-state index contributed by atoms with van der Waals surface area (Å²) < 4.78 is 5.41. The number of aryl methyl sites for hydroxylation is 1. The van der Waals surface area contributed by atoms with Crippen molar-refractivity contribution in [2.45, 2.75) is 52.0 Å². The SMILES string of the molecule is Cc1csc([C@H]2CCCCN2C(=O)c2ncoc2C(C)C)n1. The fourth-order valence-electron chi connectivity index (χ4n) is 2.92. The van der Waals surface area contributed by atoms with Crippen molar-refractivity contribution in [3.8, 4) is 0 Å². The second-order valence-corrected chi connectivity index (χ2v) is 6.95. The molecule has 0 saturated carbocycles. The number of piperidine rings is 1. The number of nitrogens with zero attached hydrogens (tertiary/aromatic N) is 3. The lowest BCUT2D eigenvalue weighted by Crippen LogP contribution is -2.39. The Morgan fingerprint density at radius 3 is 2.95 bits per heavy atom. The van der Waals surface area contributed by atoms with E-state index in [1.807, 2.05) is 31.1 Å². The van der Waals surface area contributed by atoms with Crippen LogP contribution >= 0.6 is 11.3 Å². The monoisotopic (exact) mass is 319 g/mol. The highest BCUT2D eigenvalue weighted by atomic mass is 32.1. The van der Waals surface area contributed by atoms with Gasteiger partial charge in [0.25, 0.3) is 5.91 Å². The summed E-state index contributed by atoms with van der Waals surface area (Å²) in [5.41, 5.74) is 1.47. The highest BCUT2D eigenvalue weighted by Gasteiger charge is 2.33. The lowest BCUT2D eigenvalue weighted by molar-refractivity contribution is 0.0602. The van der Waals surface area contributed by atoms with Gasteiger partial charge >= 0.3 is 0 Å². The van der Waals surface area contributed by atoms with E-state index in [9.17, 15) is 4.79 Å². The van der Waals surface area contributed by atoms with Crippen LogP contribution < -0.4 is 0 Å². The van der Waals surface area contributed by atoms with Gasteiger partial charge in [0, 0.05) is 23.5 Å². The summed E-state index contributed by atoms with van der Waals surface area (Å²) in [6.07, 6.45) is 4.49. The maximum atomic E-state index is 13.0. The van der Waals surface area contributed by atoms with Crippen molar-refractivity contribution in [1.29, 1.82) is 0 Å². The van der Waals surface area contributed by atoms with Crippen LogP contribution in [0.25, 0.3) is 0 Å². The van der Waals surface area contributed by atoms with Crippen LogP contribution in [0, 0.1) is 6.92 Å². The Kier molecular flexibility index (Phi) is 4.29. The Morgan fingerprint density at radius 2 is 2.27 bits per heavy atom. The van der Waals surface area contributed by atoms with Gasteiger partial charge in [-0.25, -0.2) is 9.97 Å². The summed E-state index contributed by atoms with van der Waals surface area (Å²) >= 11 is 1.64. The number of hydrogen-bond donors (Lipinski definition) is 0. The molecule has 1 aliphatic rings. The quantitative estimate of drug-likeness (QED) is 0.860. The number of thiazole rings is 1. The zero-order chi connectivity index (χ0) is 15.7. The van der Waals surface area contributed by atoms with E-state index in [1.165, 1.54) is 6.39 Å². The molecule has 0 aliphatic carbocycles. The molecule has 1 fully saturated rings. The van der Waals surface area contributed by atoms with Crippen molar-refractivity contribution in [1.82, 2.24) is 14.9 Å². The van der Waals surface area contributed by atoms with Gasteiger partial charge in [0.15, 0.2) is 12.1 Å². The number of likely N-dealkylation sites (tertiary alicyclic amines) is 1. The molecule has 0 spiro atoms. The maximum absolute atomic E-state index is 13.0. The lowest BCUT2D eigenvalue weighted by atomic mass is 10.0. The van der Waals surface area contributed by atoms with Gasteiger partial charge < -0.3 is 9.32 Å². The van der Waals surface area contributed by atoms with Gasteiger partial charge in [-0.1, -0.05) is 13.8 Å². The largest absolute Gasteiger partial charge is 0.447 e. The average molecular weight is 319 g/mol. The van der Waals surface area contributed by atoms with E-state index in [-0.39, 0.29) is 17.9 Å². The topological polar surface area (TPSA) is 59.2 Å². The maximum Gasteiger partial charge on any atom is 0.276 e. The number of aromatic nitrogens is 2. The molecule has 3 rings (SSSR count). The number of carbonyl (C=O) groups is 1. The second kappa shape index (κ2) is 6.20. The number of oxazole rings is 1. The minimum absolute atomic E-state index is 0.0324. The number of hydrogen-bond acceptors (Lipinski definition) is 5. The van der Waals surface area contributed by atoms with Crippen LogP contribution in [-0.4, -0.2) is 27.3 Å². The summed E-state index contributed by atoms with van der Waals surface area (Å²) in [4.78, 5) is 23.6. The number of rotatable bonds is 3. The molecule has 1 aliphatic heterocycles. The Labute approximate surface area is 134 Å². The third-order valence-corrected chi connectivity index (χ3v) is 5.07. The van der Waals surface area contributed by atoms with Gasteiger partial charge in [-0.05, 0) is 26.2 Å². The Bertz CT molecular complexity index is 662. The van der Waals surface area contributed by atoms with Gasteiger partial charge in [-0.2, -0.15) is 0 Å². The first-order valence-corrected chi connectivity index (χ1v) is 8.62. The van der Waals surface area contributed by atoms with Crippen LogP contribution in [0.1, 0.15) is 72.0 Å². The van der Waals surface area contributed by atoms with Crippen molar-refractivity contribution in [2.75, 3.05) is 6.54 Å². The van der Waals surface area contributed by atoms with Gasteiger partial charge in [-0.3, -0.25) is 4.79 Å². The summed E-state index contributed by atoms with van der Waals surface area (Å²) in [7, 11) is 0. The van der Waals surface area contributed by atoms with Crippen molar-refractivity contribution in [3.05, 3.63) is 33.9 Å². The molecule has 1 amide bonds. The van der Waals surface area contributed by atoms with E-state index in [0.717, 1.165) is 36.5 Å². The van der Waals surface area contributed by atoms with E-state index in [4.69, 9.17) is 4.42 Å². The van der Waals surface area contributed by atoms with Crippen LogP contribution in [0.15, 0.2) is 16.2 Å². The molecule has 0 radical (unpaired) electrons. The molecule has 0 N–H and O–H groups in total. The highest BCUT2D eigenvalue weighted by molar-refractivity contribution is 7.09. The molecule has 22 heavy (non-hydrogen) atoms. The summed E-state index contributed by atoms with van der Waals surface area (Å²) in [6, 6.07) is 0.0664. The molecule has 0 unspecified atom stereocenters. The fourth-order valence-corrected chi connectivity index (χ4v) is 3.86. The number of carbonyl (C=O) groups excluding carboxylic acids is 1. The van der Waals surface area contributed by atoms with Gasteiger partial charge in [0.1, 0.15) is 10.8 Å². The minimum atomic E-state index is -0.0324. The van der Waals surface area contributed by atoms with Crippen LogP contribution in [0.2, 0.25) is 0 Å². The van der Waals surface area contributed by atoms with E-state index in [1.54, 1.807) is 11.3 Å². The van der Waals surface area contributed by atoms with E-state index in [0.29, 0.717) is 11.5 Å². The van der Waals surface area contributed by atoms with Crippen molar-refractivity contribution < 1.29 is 9.21 Å². The molecular formula is C16H21N3O2S. The summed E-state index contributed by atoms with van der Waals surface area (Å²) in [5, 5.41) is 3.07. The highest BCUT2D eigenvalue weighted by Crippen LogP contribution is 2.34. The molecular weight excluding hydrogens is 298 g/mol. The molecule has 0 aromatic carbocycles. The second-order valence-electron chi connectivity index (χ2n) is 6.06. The Morgan fingerprint density at radius 1 is 1.45 bits per heavy atom. The van der Waals surface area contributed by atoms with Crippen molar-refractivity contribution in [2.24, 2.45) is 0 Å². The molecule has 118 valence electrons. The summed E-state index contributed by atoms with van der Waals surface area (Å²) in [5.74, 6) is 0.784. The van der Waals surface area contributed by atoms with Crippen LogP contribution in [0.3, 0.4) is 0 Å². The zero-order valence-electron chi connectivity index (χ0n) is 13.2. The van der Waals surface area contributed by atoms with Gasteiger partial charge in [0.2, 0.25) is 0 Å². The molecule has 5 nitrogen and oxygen atoms in total. The lowest BCUT2D eigenvalue weighted by Gasteiger charge is -2.34. The first-order chi connectivity index (χ1) is 10.6. The van der Waals surface area contributed by atoms with E-state index in [2.05, 4.69) is 9.97 Å². The van der Waals surface area contributed by atoms with Crippen molar-refractivity contribution >= 4 is 17.2 Å². The Balaban J connectivity index is 1.90. The van der Waals surface area contributed by atoms with Crippen molar-refractivity contribution in [3.63, 3.8) is 0 Å². The van der Waals surface area contributed by atoms with Crippen LogP contribution in [-0.2, 0) is 0 Å². The third kappa shape index (κ3) is 2.79. The fraction of sp³-hybridized carbons (Fsp3) is 0.562. The standard InChI is InChI=1S/C16H21N3O2S/c1-10(2)14-13(17-9-21-14)16(20)19-7-5-4-6-12(19)15-18-11(3)8-22-15/h8-10,12H,4-7H2,1-3H3/t12-/m1/s1. The predicted octanol–water partition coefficient (Wildman–Crippen LogP) is 3.93.